The van der Waals surface area contributed by atoms with E-state index in [-0.39, 0.29) is 0 Å². The van der Waals surface area contributed by atoms with Crippen molar-refractivity contribution in [2.75, 3.05) is 5.38 Å². The molecule has 0 fully saturated rings. The first-order chi connectivity index (χ1) is 4.56. The first-order valence-electron chi connectivity index (χ1n) is 3.29. The van der Waals surface area contributed by atoms with Gasteiger partial charge in [0, 0.05) is 0 Å². The van der Waals surface area contributed by atoms with E-state index in [0.717, 1.165) is 0 Å². The summed E-state index contributed by atoms with van der Waals surface area (Å²) >= 11 is 1.82. The molecule has 0 saturated carbocycles. The molecule has 10 heavy (non-hydrogen) atoms. The lowest BCUT2D eigenvalue weighted by Crippen LogP contribution is -2.23. The third-order valence-electron chi connectivity index (χ3n) is 0.777. The number of rotatable bonds is 3. The Morgan fingerprint density at radius 2 is 2.10 bits per heavy atom. The minimum atomic E-state index is -0.864. The minimum Gasteiger partial charge on any atom is -0.137 e. The summed E-state index contributed by atoms with van der Waals surface area (Å²) in [5, 5.41) is 3.25. The standard InChI is InChI=1S/C8H14SSi/c1-5-6-7-9-8-10(2,3)4/h1,6-7H,8H2,2-4H3. The molecule has 0 atom stereocenters. The van der Waals surface area contributed by atoms with Gasteiger partial charge in [0.05, 0.1) is 8.07 Å². The Bertz CT molecular complexity index is 148. The maximum absolute atomic E-state index is 5.04. The lowest BCUT2D eigenvalue weighted by molar-refractivity contribution is 1.68. The van der Waals surface area contributed by atoms with Crippen LogP contribution in [0.15, 0.2) is 11.5 Å². The Hall–Kier alpha value is -0.133. The van der Waals surface area contributed by atoms with E-state index >= 15 is 0 Å². The summed E-state index contributed by atoms with van der Waals surface area (Å²) in [5.74, 6) is 2.47. The van der Waals surface area contributed by atoms with Crippen molar-refractivity contribution >= 4 is 19.8 Å². The number of thioether (sulfide) groups is 1. The molecule has 0 unspecified atom stereocenters. The summed E-state index contributed by atoms with van der Waals surface area (Å²) in [6, 6.07) is 0. The molecule has 56 valence electrons. The molecule has 0 aromatic carbocycles. The van der Waals surface area contributed by atoms with E-state index < -0.39 is 8.07 Å². The summed E-state index contributed by atoms with van der Waals surface area (Å²) in [5.41, 5.74) is 0. The largest absolute Gasteiger partial charge is 0.137 e. The van der Waals surface area contributed by atoms with Gasteiger partial charge in [-0.05, 0) is 16.9 Å². The Balaban J connectivity index is 3.40. The van der Waals surface area contributed by atoms with Crippen LogP contribution in [0.3, 0.4) is 0 Å². The topological polar surface area (TPSA) is 0 Å². The normalized spacial score (nSPS) is 11.8. The van der Waals surface area contributed by atoms with Gasteiger partial charge in [-0.1, -0.05) is 25.6 Å². The van der Waals surface area contributed by atoms with E-state index in [1.54, 1.807) is 6.08 Å². The van der Waals surface area contributed by atoms with Crippen molar-refractivity contribution in [3.8, 4) is 12.3 Å². The first-order valence-corrected chi connectivity index (χ1v) is 8.04. The molecular weight excluding hydrogens is 156 g/mol. The average molecular weight is 170 g/mol. The molecule has 0 aliphatic carbocycles. The van der Waals surface area contributed by atoms with Crippen molar-refractivity contribution in [1.29, 1.82) is 0 Å². The fraction of sp³-hybridized carbons (Fsp3) is 0.500. The Kier molecular flexibility index (Phi) is 4.59. The minimum absolute atomic E-state index is 0.864. The third kappa shape index (κ3) is 7.87. The van der Waals surface area contributed by atoms with Crippen LogP contribution in [-0.2, 0) is 0 Å². The number of terminal acetylenes is 1. The van der Waals surface area contributed by atoms with Crippen molar-refractivity contribution in [1.82, 2.24) is 0 Å². The molecule has 0 heterocycles. The molecule has 0 spiro atoms. The second kappa shape index (κ2) is 4.65. The van der Waals surface area contributed by atoms with E-state index in [1.807, 2.05) is 17.2 Å². The Morgan fingerprint density at radius 1 is 1.50 bits per heavy atom. The Labute approximate surface area is 69.1 Å². The lowest BCUT2D eigenvalue weighted by atomic mass is 10.7. The highest BCUT2D eigenvalue weighted by Crippen LogP contribution is 2.11. The van der Waals surface area contributed by atoms with Crippen LogP contribution in [0.25, 0.3) is 0 Å². The van der Waals surface area contributed by atoms with Crippen LogP contribution in [0.4, 0.5) is 0 Å². The van der Waals surface area contributed by atoms with Gasteiger partial charge in [0.2, 0.25) is 0 Å². The van der Waals surface area contributed by atoms with E-state index in [4.69, 9.17) is 6.42 Å². The molecule has 0 bridgehead atoms. The molecule has 0 aliphatic heterocycles. The zero-order chi connectivity index (χ0) is 8.04. The summed E-state index contributed by atoms with van der Waals surface area (Å²) in [4.78, 5) is 0. The van der Waals surface area contributed by atoms with Gasteiger partial charge in [-0.2, -0.15) is 0 Å². The number of hydrogen-bond donors (Lipinski definition) is 0. The fourth-order valence-electron chi connectivity index (χ4n) is 0.386. The second-order valence-corrected chi connectivity index (χ2v) is 10.2. The third-order valence-corrected chi connectivity index (χ3v) is 5.24. The zero-order valence-corrected chi connectivity index (χ0v) is 8.66. The molecule has 0 aromatic heterocycles. The fourth-order valence-corrected chi connectivity index (χ4v) is 2.95. The van der Waals surface area contributed by atoms with Crippen molar-refractivity contribution in [2.45, 2.75) is 19.6 Å². The molecule has 0 aromatic rings. The van der Waals surface area contributed by atoms with Gasteiger partial charge in [0.15, 0.2) is 0 Å². The van der Waals surface area contributed by atoms with Crippen molar-refractivity contribution in [3.05, 3.63) is 11.5 Å². The Morgan fingerprint density at radius 3 is 2.50 bits per heavy atom. The molecule has 0 amide bonds. The predicted molar refractivity (Wildman–Crippen MR) is 53.8 cm³/mol. The van der Waals surface area contributed by atoms with E-state index in [0.29, 0.717) is 0 Å². The van der Waals surface area contributed by atoms with Gasteiger partial charge in [0.25, 0.3) is 0 Å². The van der Waals surface area contributed by atoms with Gasteiger partial charge in [-0.3, -0.25) is 0 Å². The molecule has 0 aliphatic rings. The summed E-state index contributed by atoms with van der Waals surface area (Å²) < 4.78 is 0. The van der Waals surface area contributed by atoms with Gasteiger partial charge >= 0.3 is 0 Å². The zero-order valence-electron chi connectivity index (χ0n) is 6.85. The van der Waals surface area contributed by atoms with Gasteiger partial charge < -0.3 is 0 Å². The van der Waals surface area contributed by atoms with Crippen LogP contribution in [0.1, 0.15) is 0 Å². The molecule has 0 saturated heterocycles. The lowest BCUT2D eigenvalue weighted by Gasteiger charge is -2.12. The quantitative estimate of drug-likeness (QED) is 0.463. The van der Waals surface area contributed by atoms with Gasteiger partial charge in [-0.25, -0.2) is 0 Å². The number of hydrogen-bond acceptors (Lipinski definition) is 1. The molecular formula is C8H14SSi. The van der Waals surface area contributed by atoms with Crippen molar-refractivity contribution in [3.63, 3.8) is 0 Å². The van der Waals surface area contributed by atoms with Crippen molar-refractivity contribution < 1.29 is 0 Å². The highest BCUT2D eigenvalue weighted by atomic mass is 32.2. The van der Waals surface area contributed by atoms with Crippen molar-refractivity contribution in [2.24, 2.45) is 0 Å². The van der Waals surface area contributed by atoms with E-state index in [2.05, 4.69) is 25.6 Å². The monoisotopic (exact) mass is 170 g/mol. The maximum atomic E-state index is 5.04. The van der Waals surface area contributed by atoms with Crippen LogP contribution in [0, 0.1) is 12.3 Å². The highest BCUT2D eigenvalue weighted by molar-refractivity contribution is 8.03. The molecule has 0 nitrogen and oxygen atoms in total. The van der Waals surface area contributed by atoms with Crippen LogP contribution in [0.2, 0.25) is 19.6 Å². The van der Waals surface area contributed by atoms with Gasteiger partial charge in [0.1, 0.15) is 0 Å². The van der Waals surface area contributed by atoms with Gasteiger partial charge in [-0.15, -0.1) is 18.2 Å². The van der Waals surface area contributed by atoms with E-state index in [9.17, 15) is 0 Å². The SMILES string of the molecule is C#CC=CSC[Si](C)(C)C. The summed E-state index contributed by atoms with van der Waals surface area (Å²) in [6.07, 6.45) is 6.79. The number of allylic oxidation sites excluding steroid dienone is 1. The average Bonchev–Trinajstić information content (AvgIpc) is 1.78. The maximum Gasteiger partial charge on any atom is 0.0552 e. The molecule has 0 N–H and O–H groups in total. The molecule has 2 heteroatoms. The van der Waals surface area contributed by atoms with E-state index in [1.165, 1.54) is 5.38 Å². The first kappa shape index (κ1) is 9.87. The van der Waals surface area contributed by atoms with Crippen LogP contribution in [0.5, 0.6) is 0 Å². The smallest absolute Gasteiger partial charge is 0.0552 e. The van der Waals surface area contributed by atoms with Crippen LogP contribution < -0.4 is 0 Å². The van der Waals surface area contributed by atoms with Crippen LogP contribution >= 0.6 is 11.8 Å². The summed E-state index contributed by atoms with van der Waals surface area (Å²) in [6.45, 7) is 7.05. The van der Waals surface area contributed by atoms with Crippen LogP contribution in [-0.4, -0.2) is 13.5 Å². The molecule has 0 radical (unpaired) electrons. The predicted octanol–water partition coefficient (Wildman–Crippen LogP) is 2.74. The summed E-state index contributed by atoms with van der Waals surface area (Å²) in [7, 11) is -0.864. The second-order valence-electron chi connectivity index (χ2n) is 3.34. The highest BCUT2D eigenvalue weighted by Gasteiger charge is 2.10. The molecule has 0 rings (SSSR count).